The van der Waals surface area contributed by atoms with Crippen molar-refractivity contribution in [2.24, 2.45) is 5.92 Å². The van der Waals surface area contributed by atoms with Gasteiger partial charge in [0.15, 0.2) is 0 Å². The number of amides is 1. The van der Waals surface area contributed by atoms with Crippen molar-refractivity contribution in [1.82, 2.24) is 10.3 Å². The van der Waals surface area contributed by atoms with Crippen LogP contribution in [-0.4, -0.2) is 29.6 Å². The van der Waals surface area contributed by atoms with E-state index in [1.165, 1.54) is 0 Å². The zero-order valence-corrected chi connectivity index (χ0v) is 13.7. The highest BCUT2D eigenvalue weighted by Gasteiger charge is 2.28. The molecule has 5 nitrogen and oxygen atoms in total. The van der Waals surface area contributed by atoms with Crippen LogP contribution in [0.15, 0.2) is 30.5 Å². The molecular formula is C18H22N2O3. The lowest BCUT2D eigenvalue weighted by molar-refractivity contribution is -0.122. The number of ether oxygens (including phenoxy) is 2. The number of hydrogen-bond acceptors (Lipinski definition) is 4. The summed E-state index contributed by atoms with van der Waals surface area (Å²) in [4.78, 5) is 15.9. The average molecular weight is 314 g/mol. The molecule has 3 rings (SSSR count). The van der Waals surface area contributed by atoms with E-state index in [1.807, 2.05) is 45.0 Å². The van der Waals surface area contributed by atoms with Crippen LogP contribution in [0.3, 0.4) is 0 Å². The lowest BCUT2D eigenvalue weighted by Gasteiger charge is -2.14. The van der Waals surface area contributed by atoms with E-state index in [9.17, 15) is 4.79 Å². The van der Waals surface area contributed by atoms with Gasteiger partial charge in [-0.3, -0.25) is 4.79 Å². The molecule has 0 bridgehead atoms. The van der Waals surface area contributed by atoms with E-state index in [0.29, 0.717) is 12.5 Å². The predicted octanol–water partition coefficient (Wildman–Crippen LogP) is 2.93. The van der Waals surface area contributed by atoms with E-state index in [0.717, 1.165) is 22.9 Å². The van der Waals surface area contributed by atoms with Crippen molar-refractivity contribution in [2.45, 2.75) is 39.3 Å². The molecule has 23 heavy (non-hydrogen) atoms. The zero-order chi connectivity index (χ0) is 16.4. The van der Waals surface area contributed by atoms with E-state index >= 15 is 0 Å². The molecule has 2 heterocycles. The molecule has 0 unspecified atom stereocenters. The highest BCUT2D eigenvalue weighted by molar-refractivity contribution is 5.88. The molecule has 1 aliphatic rings. The SMILES string of the molecule is CC(C)Oc1ccc2ccnc(OC[C@@H]3C[C@H](C)C(=O)N3)c2c1. The second kappa shape index (κ2) is 6.44. The van der Waals surface area contributed by atoms with Crippen LogP contribution in [0.4, 0.5) is 0 Å². The van der Waals surface area contributed by atoms with Crippen LogP contribution in [-0.2, 0) is 4.79 Å². The quantitative estimate of drug-likeness (QED) is 0.922. The van der Waals surface area contributed by atoms with Gasteiger partial charge in [0.2, 0.25) is 11.8 Å². The minimum Gasteiger partial charge on any atom is -0.491 e. The van der Waals surface area contributed by atoms with Gasteiger partial charge in [-0.25, -0.2) is 4.98 Å². The van der Waals surface area contributed by atoms with Gasteiger partial charge >= 0.3 is 0 Å². The summed E-state index contributed by atoms with van der Waals surface area (Å²) in [6, 6.07) is 7.89. The Morgan fingerprint density at radius 2 is 2.17 bits per heavy atom. The third kappa shape index (κ3) is 3.55. The minimum atomic E-state index is 0.0460. The summed E-state index contributed by atoms with van der Waals surface area (Å²) in [5.74, 6) is 1.52. The Morgan fingerprint density at radius 1 is 1.35 bits per heavy atom. The van der Waals surface area contributed by atoms with Gasteiger partial charge in [-0.1, -0.05) is 13.0 Å². The molecule has 5 heteroatoms. The molecule has 122 valence electrons. The van der Waals surface area contributed by atoms with Crippen LogP contribution >= 0.6 is 0 Å². The molecular weight excluding hydrogens is 292 g/mol. The van der Waals surface area contributed by atoms with Crippen molar-refractivity contribution < 1.29 is 14.3 Å². The predicted molar refractivity (Wildman–Crippen MR) is 88.7 cm³/mol. The fourth-order valence-electron chi connectivity index (χ4n) is 2.81. The van der Waals surface area contributed by atoms with Crippen molar-refractivity contribution in [2.75, 3.05) is 6.61 Å². The minimum absolute atomic E-state index is 0.0460. The number of nitrogens with one attached hydrogen (secondary N) is 1. The molecule has 1 fully saturated rings. The van der Waals surface area contributed by atoms with Crippen molar-refractivity contribution in [3.63, 3.8) is 0 Å². The van der Waals surface area contributed by atoms with E-state index in [4.69, 9.17) is 9.47 Å². The van der Waals surface area contributed by atoms with E-state index in [1.54, 1.807) is 6.20 Å². The van der Waals surface area contributed by atoms with Crippen LogP contribution in [0.1, 0.15) is 27.2 Å². The fourth-order valence-corrected chi connectivity index (χ4v) is 2.81. The number of benzene rings is 1. The Hall–Kier alpha value is -2.30. The zero-order valence-electron chi connectivity index (χ0n) is 13.7. The summed E-state index contributed by atoms with van der Waals surface area (Å²) >= 11 is 0. The third-order valence-corrected chi connectivity index (χ3v) is 3.93. The summed E-state index contributed by atoms with van der Waals surface area (Å²) in [5, 5.41) is 4.91. The fraction of sp³-hybridized carbons (Fsp3) is 0.444. The third-order valence-electron chi connectivity index (χ3n) is 3.93. The molecule has 0 radical (unpaired) electrons. The summed E-state index contributed by atoms with van der Waals surface area (Å²) in [7, 11) is 0. The Morgan fingerprint density at radius 3 is 2.87 bits per heavy atom. The van der Waals surface area contributed by atoms with Crippen LogP contribution < -0.4 is 14.8 Å². The Labute approximate surface area is 136 Å². The molecule has 0 saturated carbocycles. The molecule has 1 N–H and O–H groups in total. The summed E-state index contributed by atoms with van der Waals surface area (Å²) in [6.45, 7) is 6.35. The molecule has 1 aromatic heterocycles. The maximum Gasteiger partial charge on any atom is 0.223 e. The Bertz CT molecular complexity index is 714. The normalized spacial score (nSPS) is 20.8. The number of carbonyl (C=O) groups is 1. The maximum absolute atomic E-state index is 11.6. The second-order valence-corrected chi connectivity index (χ2v) is 6.32. The van der Waals surface area contributed by atoms with Gasteiger partial charge in [-0.15, -0.1) is 0 Å². The Balaban J connectivity index is 1.78. The number of aromatic nitrogens is 1. The summed E-state index contributed by atoms with van der Waals surface area (Å²) in [5.41, 5.74) is 0. The highest BCUT2D eigenvalue weighted by Crippen LogP contribution is 2.28. The number of carbonyl (C=O) groups excluding carboxylic acids is 1. The van der Waals surface area contributed by atoms with Gasteiger partial charge < -0.3 is 14.8 Å². The summed E-state index contributed by atoms with van der Waals surface area (Å²) in [6.07, 6.45) is 2.64. The summed E-state index contributed by atoms with van der Waals surface area (Å²) < 4.78 is 11.6. The van der Waals surface area contributed by atoms with Gasteiger partial charge in [-0.05, 0) is 43.9 Å². The molecule has 0 aliphatic carbocycles. The van der Waals surface area contributed by atoms with Gasteiger partial charge in [0.25, 0.3) is 0 Å². The molecule has 1 saturated heterocycles. The smallest absolute Gasteiger partial charge is 0.223 e. The first kappa shape index (κ1) is 15.6. The number of rotatable bonds is 5. The van der Waals surface area contributed by atoms with E-state index in [-0.39, 0.29) is 24.0 Å². The first-order valence-electron chi connectivity index (χ1n) is 8.01. The topological polar surface area (TPSA) is 60.5 Å². The molecule has 1 amide bonds. The van der Waals surface area contributed by atoms with Crippen molar-refractivity contribution in [3.8, 4) is 11.6 Å². The number of hydrogen-bond donors (Lipinski definition) is 1. The van der Waals surface area contributed by atoms with Gasteiger partial charge in [0.05, 0.1) is 12.1 Å². The monoisotopic (exact) mass is 314 g/mol. The number of pyridine rings is 1. The van der Waals surface area contributed by atoms with E-state index < -0.39 is 0 Å². The average Bonchev–Trinajstić information content (AvgIpc) is 2.83. The van der Waals surface area contributed by atoms with Crippen molar-refractivity contribution in [1.29, 1.82) is 0 Å². The lowest BCUT2D eigenvalue weighted by atomic mass is 10.1. The lowest BCUT2D eigenvalue weighted by Crippen LogP contribution is -2.31. The van der Waals surface area contributed by atoms with Crippen LogP contribution in [0, 0.1) is 5.92 Å². The second-order valence-electron chi connectivity index (χ2n) is 6.32. The Kier molecular flexibility index (Phi) is 4.37. The van der Waals surface area contributed by atoms with Crippen molar-refractivity contribution in [3.05, 3.63) is 30.5 Å². The maximum atomic E-state index is 11.6. The highest BCUT2D eigenvalue weighted by atomic mass is 16.5. The largest absolute Gasteiger partial charge is 0.491 e. The number of fused-ring (bicyclic) bond motifs is 1. The van der Waals surface area contributed by atoms with Crippen LogP contribution in [0.5, 0.6) is 11.6 Å². The first-order chi connectivity index (χ1) is 11.0. The molecule has 1 aliphatic heterocycles. The molecule has 2 atom stereocenters. The van der Waals surface area contributed by atoms with Gasteiger partial charge in [0.1, 0.15) is 12.4 Å². The van der Waals surface area contributed by atoms with Crippen LogP contribution in [0.25, 0.3) is 10.8 Å². The van der Waals surface area contributed by atoms with Gasteiger partial charge in [0, 0.05) is 17.5 Å². The number of nitrogens with zero attached hydrogens (tertiary/aromatic N) is 1. The van der Waals surface area contributed by atoms with E-state index in [2.05, 4.69) is 10.3 Å². The molecule has 2 aromatic rings. The molecule has 1 aromatic carbocycles. The van der Waals surface area contributed by atoms with Gasteiger partial charge in [-0.2, -0.15) is 0 Å². The molecule has 0 spiro atoms. The van der Waals surface area contributed by atoms with Crippen LogP contribution in [0.2, 0.25) is 0 Å². The standard InChI is InChI=1S/C18H22N2O3/c1-11(2)23-15-5-4-13-6-7-19-18(16(13)9-15)22-10-14-8-12(3)17(21)20-14/h4-7,9,11-12,14H,8,10H2,1-3H3,(H,20,21)/t12-,14-/m0/s1. The first-order valence-corrected chi connectivity index (χ1v) is 8.01. The van der Waals surface area contributed by atoms with Crippen molar-refractivity contribution >= 4 is 16.7 Å².